The minimum absolute atomic E-state index is 0.441. The summed E-state index contributed by atoms with van der Waals surface area (Å²) in [4.78, 5) is 18.4. The van der Waals surface area contributed by atoms with E-state index in [-0.39, 0.29) is 0 Å². The third-order valence-corrected chi connectivity index (χ3v) is 3.14. The minimum Gasteiger partial charge on any atom is -0.255 e. The summed E-state index contributed by atoms with van der Waals surface area (Å²) < 4.78 is 0. The van der Waals surface area contributed by atoms with Crippen LogP contribution in [0.4, 0.5) is 0 Å². The molecule has 5 nitrogen and oxygen atoms in total. The average molecular weight is 535 g/mol. The van der Waals surface area contributed by atoms with Gasteiger partial charge in [0.15, 0.2) is 0 Å². The molecule has 0 saturated carbocycles. The third kappa shape index (κ3) is 10.4. The number of carbonyl (C=O) groups is 1. The van der Waals surface area contributed by atoms with Gasteiger partial charge in [0.05, 0.1) is 11.4 Å². The van der Waals surface area contributed by atoms with Crippen molar-refractivity contribution in [2.45, 2.75) is 12.5 Å². The first-order valence-electron chi connectivity index (χ1n) is 6.52. The zero-order valence-electron chi connectivity index (χ0n) is 12.5. The fraction of sp³-hybridized carbons (Fsp3) is 0.267. The number of pyridine rings is 2. The molecule has 0 aliphatic rings. The van der Waals surface area contributed by atoms with Gasteiger partial charge in [-0.3, -0.25) is 14.8 Å². The van der Waals surface area contributed by atoms with Crippen molar-refractivity contribution in [1.82, 2.24) is 9.97 Å². The van der Waals surface area contributed by atoms with Gasteiger partial charge in [-0.15, -0.1) is 0 Å². The summed E-state index contributed by atoms with van der Waals surface area (Å²) in [6.07, 6.45) is 5.87. The first kappa shape index (κ1) is 22.1. The predicted molar refractivity (Wildman–Crippen MR) is 92.1 cm³/mol. The normalized spacial score (nSPS) is 10.5. The molecule has 1 unspecified atom stereocenters. The van der Waals surface area contributed by atoms with Crippen LogP contribution in [-0.2, 0) is 23.6 Å². The van der Waals surface area contributed by atoms with Gasteiger partial charge in [0.2, 0.25) is 0 Å². The first-order chi connectivity index (χ1) is 11.1. The second-order valence-corrected chi connectivity index (χ2v) is 5.09. The Hall–Kier alpha value is -0.942. The Morgan fingerprint density at radius 1 is 1.22 bits per heavy atom. The molecule has 2 aromatic heterocycles. The summed E-state index contributed by atoms with van der Waals surface area (Å²) in [7, 11) is 4.61. The largest absolute Gasteiger partial charge is 0.255 e. The van der Waals surface area contributed by atoms with Gasteiger partial charge >= 0.3 is 28.2 Å². The van der Waals surface area contributed by atoms with Crippen molar-refractivity contribution < 1.29 is 28.7 Å². The van der Waals surface area contributed by atoms with Gasteiger partial charge < -0.3 is 10.8 Å². The van der Waals surface area contributed by atoms with Gasteiger partial charge in [0, 0.05) is 12.4 Å². The molecular weight excluding hydrogens is 517 g/mol. The molecule has 2 heterocycles. The van der Waals surface area contributed by atoms with E-state index in [4.69, 9.17) is 10.8 Å². The number of hydrogen-bond donors (Lipinski definition) is 1. The fourth-order valence-electron chi connectivity index (χ4n) is 1.39. The molecule has 0 radical (unpaired) electrons. The number of carboxylic acid groups (broad SMARTS) is 1. The third-order valence-electron chi connectivity index (χ3n) is 2.50. The van der Waals surface area contributed by atoms with Crippen molar-refractivity contribution >= 4 is 27.1 Å². The van der Waals surface area contributed by atoms with Crippen LogP contribution in [0, 0.1) is 0 Å². The van der Waals surface area contributed by atoms with Crippen LogP contribution in [0.1, 0.15) is 6.42 Å². The van der Waals surface area contributed by atoms with E-state index in [2.05, 4.69) is 19.4 Å². The van der Waals surface area contributed by atoms with Crippen molar-refractivity contribution in [2.24, 2.45) is 0 Å². The molecule has 128 valence electrons. The van der Waals surface area contributed by atoms with Gasteiger partial charge in [0.25, 0.3) is 5.97 Å². The van der Waals surface area contributed by atoms with E-state index in [0.717, 1.165) is 17.1 Å². The number of nitrogens with zero attached hydrogens (tertiary/aromatic N) is 2. The van der Waals surface area contributed by atoms with Crippen molar-refractivity contribution in [3.8, 4) is 11.4 Å². The standard InChI is InChI=1S/C10H8N2.C5H10NO2S.ClH.Pt/c1-3-7-11-9(5-1)10-6-2-4-8-12-10;1-9-3-2-4(6)5(7)8;;/h1-8H;4,6H,2-3H2,1H3,(H,7,8);1H;/q;-1;;+2/p-1. The Bertz CT molecular complexity index is 497. The van der Waals surface area contributed by atoms with E-state index >= 15 is 0 Å². The van der Waals surface area contributed by atoms with Crippen LogP contribution >= 0.6 is 21.2 Å². The van der Waals surface area contributed by atoms with Crippen molar-refractivity contribution in [3.63, 3.8) is 0 Å². The maximum atomic E-state index is 10.0. The summed E-state index contributed by atoms with van der Waals surface area (Å²) in [6.45, 7) is 0. The number of rotatable bonds is 5. The molecule has 1 atom stereocenters. The van der Waals surface area contributed by atoms with Crippen LogP contribution in [-0.4, -0.2) is 39.1 Å². The Balaban J connectivity index is 0.000000396. The van der Waals surface area contributed by atoms with Crippen molar-refractivity contribution in [1.29, 1.82) is 0 Å². The molecule has 2 aromatic rings. The van der Waals surface area contributed by atoms with E-state index in [0.29, 0.717) is 6.42 Å². The molecule has 2 rings (SSSR count). The maximum absolute atomic E-state index is 10.0. The van der Waals surface area contributed by atoms with Crippen LogP contribution < -0.4 is 0 Å². The number of halogens is 1. The Morgan fingerprint density at radius 2 is 1.70 bits per heavy atom. The summed E-state index contributed by atoms with van der Waals surface area (Å²) in [5.41, 5.74) is 8.75. The van der Waals surface area contributed by atoms with Crippen molar-refractivity contribution in [2.75, 3.05) is 12.0 Å². The van der Waals surface area contributed by atoms with Crippen LogP contribution in [0.5, 0.6) is 0 Å². The number of aromatic nitrogens is 2. The van der Waals surface area contributed by atoms with E-state index < -0.39 is 12.0 Å². The SMILES string of the molecule is CSCCC([NH-])C(=O)O.[Cl][Pt+].c1ccc(-c2ccccn2)nc1. The molecule has 0 spiro atoms. The number of thioether (sulfide) groups is 1. The fourth-order valence-corrected chi connectivity index (χ4v) is 1.86. The second kappa shape index (κ2) is 14.6. The number of hydrogen-bond acceptors (Lipinski definition) is 4. The van der Waals surface area contributed by atoms with Crippen molar-refractivity contribution in [3.05, 3.63) is 54.5 Å². The zero-order chi connectivity index (χ0) is 17.5. The minimum atomic E-state index is -1.02. The second-order valence-electron chi connectivity index (χ2n) is 4.10. The van der Waals surface area contributed by atoms with E-state index in [1.54, 1.807) is 42.9 Å². The van der Waals surface area contributed by atoms with Gasteiger partial charge in [-0.1, -0.05) is 18.6 Å². The molecule has 0 bridgehead atoms. The van der Waals surface area contributed by atoms with Gasteiger partial charge in [0.1, 0.15) is 0 Å². The van der Waals surface area contributed by atoms with Crippen LogP contribution in [0.15, 0.2) is 48.8 Å². The van der Waals surface area contributed by atoms with Gasteiger partial charge in [-0.05, 0) is 42.3 Å². The van der Waals surface area contributed by atoms with Gasteiger partial charge in [-0.2, -0.15) is 11.8 Å². The molecule has 0 aliphatic heterocycles. The molecule has 0 aliphatic carbocycles. The Labute approximate surface area is 155 Å². The van der Waals surface area contributed by atoms with Crippen LogP contribution in [0.25, 0.3) is 17.1 Å². The summed E-state index contributed by atoms with van der Waals surface area (Å²) in [6, 6.07) is 10.7. The molecule has 0 aromatic carbocycles. The summed E-state index contributed by atoms with van der Waals surface area (Å²) in [5, 5.41) is 8.21. The Kier molecular flexibility index (Phi) is 14.0. The van der Waals surface area contributed by atoms with Gasteiger partial charge in [-0.25, -0.2) is 0 Å². The molecule has 0 saturated heterocycles. The topological polar surface area (TPSA) is 86.9 Å². The molecule has 8 heteroatoms. The van der Waals surface area contributed by atoms with Crippen LogP contribution in [0.2, 0.25) is 0 Å². The zero-order valence-corrected chi connectivity index (χ0v) is 16.3. The smallest absolute Gasteiger partial charge is 0.0886 e. The number of aliphatic carboxylic acids is 1. The molecule has 2 N–H and O–H groups in total. The van der Waals surface area contributed by atoms with Crippen LogP contribution in [0.3, 0.4) is 0 Å². The Morgan fingerprint density at radius 3 is 2.00 bits per heavy atom. The first-order valence-corrected chi connectivity index (χ1v) is 10.7. The quantitative estimate of drug-likeness (QED) is 0.625. The number of nitrogens with one attached hydrogen (secondary N) is 1. The molecule has 0 amide bonds. The van der Waals surface area contributed by atoms with E-state index in [1.165, 1.54) is 0 Å². The molecule has 23 heavy (non-hydrogen) atoms. The van der Waals surface area contributed by atoms with E-state index in [9.17, 15) is 4.79 Å². The number of carboxylic acids is 1. The average Bonchev–Trinajstić information content (AvgIpc) is 2.63. The summed E-state index contributed by atoms with van der Waals surface area (Å²) >= 11 is 3.18. The maximum Gasteiger partial charge on any atom is 0.0886 e. The monoisotopic (exact) mass is 534 g/mol. The molecular formula is C15H18ClN3O2PtS. The molecule has 0 fully saturated rings. The summed E-state index contributed by atoms with van der Waals surface area (Å²) in [5.74, 6) is -0.274. The predicted octanol–water partition coefficient (Wildman–Crippen LogP) is 4.08. The van der Waals surface area contributed by atoms with E-state index in [1.807, 2.05) is 42.7 Å².